The lowest BCUT2D eigenvalue weighted by molar-refractivity contribution is 0.457. The zero-order valence-corrected chi connectivity index (χ0v) is 28.6. The number of nitriles is 1. The smallest absolute Gasteiger partial charge is 0.221 e. The first-order chi connectivity index (χ1) is 23.5. The molecule has 4 aromatic heterocycles. The van der Waals surface area contributed by atoms with E-state index in [1.54, 1.807) is 0 Å². The molecule has 6 heteroatoms. The average Bonchev–Trinajstić information content (AvgIpc) is 3.59. The van der Waals surface area contributed by atoms with Crippen molar-refractivity contribution in [3.05, 3.63) is 132 Å². The Morgan fingerprint density at radius 3 is 1.67 bits per heavy atom. The first-order valence-electron chi connectivity index (χ1n) is 16.6. The summed E-state index contributed by atoms with van der Waals surface area (Å²) in [6, 6.07) is 39.7. The van der Waals surface area contributed by atoms with E-state index in [9.17, 15) is 5.26 Å². The largest absolute Gasteiger partial charge is 0.437 e. The highest BCUT2D eigenvalue weighted by atomic mass is 16.5. The Labute approximate surface area is 285 Å². The van der Waals surface area contributed by atoms with Gasteiger partial charge in [-0.1, -0.05) is 96.1 Å². The first-order valence-corrected chi connectivity index (χ1v) is 16.6. The lowest BCUT2D eigenvalue weighted by Crippen LogP contribution is -2.13. The number of hydrogen-bond donors (Lipinski definition) is 0. The Hall–Kier alpha value is -5.93. The zero-order chi connectivity index (χ0) is 34.1. The normalized spacial score (nSPS) is 12.3. The maximum atomic E-state index is 10.4. The van der Waals surface area contributed by atoms with Crippen LogP contribution in [0.3, 0.4) is 0 Å². The van der Waals surface area contributed by atoms with E-state index in [-0.39, 0.29) is 10.8 Å². The van der Waals surface area contributed by atoms with Crippen molar-refractivity contribution < 1.29 is 4.74 Å². The van der Waals surface area contributed by atoms with Crippen LogP contribution in [0.4, 0.5) is 0 Å². The minimum Gasteiger partial charge on any atom is -0.437 e. The predicted molar refractivity (Wildman–Crippen MR) is 199 cm³/mol. The van der Waals surface area contributed by atoms with E-state index >= 15 is 0 Å². The third-order valence-corrected chi connectivity index (χ3v) is 9.41. The SMILES string of the molecule is CC(C)(C)c1ccnc(-n2c3ccccc3c3cc(C#N)c(Oc4cc(C(C)(C)C)cc(-n5c6ccccc6c6ccccc65)n4)cc32)c1. The van der Waals surface area contributed by atoms with Gasteiger partial charge in [-0.3, -0.25) is 9.13 Å². The second-order valence-electron chi connectivity index (χ2n) is 14.8. The van der Waals surface area contributed by atoms with Crippen LogP contribution in [0.25, 0.3) is 55.2 Å². The molecule has 0 atom stereocenters. The van der Waals surface area contributed by atoms with Gasteiger partial charge in [0.25, 0.3) is 0 Å². The van der Waals surface area contributed by atoms with Crippen LogP contribution in [0, 0.1) is 11.3 Å². The Balaban J connectivity index is 1.35. The summed E-state index contributed by atoms with van der Waals surface area (Å²) < 4.78 is 11.1. The van der Waals surface area contributed by atoms with Crippen LogP contribution in [0.15, 0.2) is 115 Å². The molecule has 0 unspecified atom stereocenters. The van der Waals surface area contributed by atoms with Crippen molar-refractivity contribution in [2.45, 2.75) is 52.4 Å². The number of ether oxygens (including phenoxy) is 1. The molecule has 4 heterocycles. The summed E-state index contributed by atoms with van der Waals surface area (Å²) in [6.07, 6.45) is 1.87. The predicted octanol–water partition coefficient (Wildman–Crippen LogP) is 10.9. The fraction of sp³-hybridized carbons (Fsp3) is 0.186. The Morgan fingerprint density at radius 2 is 1.10 bits per heavy atom. The molecule has 8 aromatic rings. The lowest BCUT2D eigenvalue weighted by atomic mass is 9.87. The van der Waals surface area contributed by atoms with E-state index in [2.05, 4.69) is 136 Å². The standard InChI is InChI=1S/C43H37N5O/c1-42(2,3)28-19-20-45-39(22-28)48-36-18-12-9-15-32(36)33-21-27(26-44)38(25-37(33)48)49-41-24-29(43(4,5)6)23-40(46-41)47-34-16-10-7-13-30(34)31-14-8-11-17-35(31)47/h7-25H,1-6H3. The molecule has 8 rings (SSSR count). The highest BCUT2D eigenvalue weighted by Gasteiger charge is 2.23. The second kappa shape index (κ2) is 11.1. The van der Waals surface area contributed by atoms with Gasteiger partial charge in [-0.05, 0) is 64.4 Å². The maximum Gasteiger partial charge on any atom is 0.221 e. The van der Waals surface area contributed by atoms with Crippen molar-refractivity contribution in [1.29, 1.82) is 5.26 Å². The number of pyridine rings is 2. The molecule has 0 aliphatic carbocycles. The number of hydrogen-bond acceptors (Lipinski definition) is 4. The van der Waals surface area contributed by atoms with Crippen molar-refractivity contribution in [1.82, 2.24) is 19.1 Å². The Morgan fingerprint density at radius 1 is 0.571 bits per heavy atom. The molecule has 0 saturated heterocycles. The molecular formula is C43H37N5O. The van der Waals surface area contributed by atoms with Crippen LogP contribution in [0.5, 0.6) is 11.6 Å². The molecule has 0 aliphatic heterocycles. The summed E-state index contributed by atoms with van der Waals surface area (Å²) >= 11 is 0. The molecule has 0 aliphatic rings. The van der Waals surface area contributed by atoms with Gasteiger partial charge in [0.15, 0.2) is 0 Å². The van der Waals surface area contributed by atoms with Gasteiger partial charge in [0.1, 0.15) is 23.5 Å². The molecule has 0 amide bonds. The van der Waals surface area contributed by atoms with Crippen LogP contribution in [-0.2, 0) is 10.8 Å². The number of para-hydroxylation sites is 3. The first kappa shape index (κ1) is 30.4. The zero-order valence-electron chi connectivity index (χ0n) is 28.6. The lowest BCUT2D eigenvalue weighted by Gasteiger charge is -2.21. The molecule has 4 aromatic carbocycles. The number of rotatable bonds is 4. The molecule has 0 spiro atoms. The fourth-order valence-electron chi connectivity index (χ4n) is 6.79. The summed E-state index contributed by atoms with van der Waals surface area (Å²) in [7, 11) is 0. The monoisotopic (exact) mass is 639 g/mol. The van der Waals surface area contributed by atoms with Crippen LogP contribution in [0.1, 0.15) is 58.2 Å². The molecule has 0 N–H and O–H groups in total. The molecule has 0 saturated carbocycles. The maximum absolute atomic E-state index is 10.4. The van der Waals surface area contributed by atoms with Crippen molar-refractivity contribution in [2.24, 2.45) is 0 Å². The minimum absolute atomic E-state index is 0.0451. The third kappa shape index (κ3) is 5.10. The van der Waals surface area contributed by atoms with E-state index in [0.29, 0.717) is 17.2 Å². The van der Waals surface area contributed by atoms with E-state index < -0.39 is 0 Å². The van der Waals surface area contributed by atoms with Gasteiger partial charge in [-0.15, -0.1) is 0 Å². The Kier molecular flexibility index (Phi) is 6.87. The van der Waals surface area contributed by atoms with Gasteiger partial charge in [0.05, 0.1) is 27.6 Å². The summed E-state index contributed by atoms with van der Waals surface area (Å²) in [6.45, 7) is 13.2. The van der Waals surface area contributed by atoms with E-state index in [4.69, 9.17) is 14.7 Å². The van der Waals surface area contributed by atoms with Crippen molar-refractivity contribution in [2.75, 3.05) is 0 Å². The summed E-state index contributed by atoms with van der Waals surface area (Å²) in [5.41, 5.74) is 6.53. The van der Waals surface area contributed by atoms with E-state index in [0.717, 1.165) is 60.8 Å². The second-order valence-corrected chi connectivity index (χ2v) is 14.8. The quantitative estimate of drug-likeness (QED) is 0.192. The minimum atomic E-state index is -0.188. The Bertz CT molecular complexity index is 2570. The number of fused-ring (bicyclic) bond motifs is 6. The van der Waals surface area contributed by atoms with Crippen molar-refractivity contribution >= 4 is 43.6 Å². The van der Waals surface area contributed by atoms with Crippen LogP contribution >= 0.6 is 0 Å². The topological polar surface area (TPSA) is 68.7 Å². The number of benzene rings is 4. The average molecular weight is 640 g/mol. The summed E-state index contributed by atoms with van der Waals surface area (Å²) in [5.74, 6) is 2.45. The van der Waals surface area contributed by atoms with Crippen LogP contribution in [0.2, 0.25) is 0 Å². The van der Waals surface area contributed by atoms with Gasteiger partial charge < -0.3 is 4.74 Å². The van der Waals surface area contributed by atoms with E-state index in [1.165, 1.54) is 5.56 Å². The molecule has 49 heavy (non-hydrogen) atoms. The molecule has 6 nitrogen and oxygen atoms in total. The van der Waals surface area contributed by atoms with Crippen molar-refractivity contribution in [3.63, 3.8) is 0 Å². The highest BCUT2D eigenvalue weighted by Crippen LogP contribution is 2.39. The van der Waals surface area contributed by atoms with Gasteiger partial charge in [0.2, 0.25) is 5.88 Å². The van der Waals surface area contributed by atoms with Crippen LogP contribution < -0.4 is 4.74 Å². The molecule has 240 valence electrons. The third-order valence-electron chi connectivity index (χ3n) is 9.41. The van der Waals surface area contributed by atoms with Gasteiger partial charge in [0, 0.05) is 39.9 Å². The fourth-order valence-corrected chi connectivity index (χ4v) is 6.79. The summed E-state index contributed by atoms with van der Waals surface area (Å²) in [5, 5.41) is 14.8. The van der Waals surface area contributed by atoms with Gasteiger partial charge >= 0.3 is 0 Å². The molecular weight excluding hydrogens is 603 g/mol. The van der Waals surface area contributed by atoms with E-state index in [1.807, 2.05) is 36.5 Å². The van der Waals surface area contributed by atoms with Gasteiger partial charge in [-0.2, -0.15) is 10.2 Å². The summed E-state index contributed by atoms with van der Waals surface area (Å²) in [4.78, 5) is 9.94. The van der Waals surface area contributed by atoms with Crippen molar-refractivity contribution in [3.8, 4) is 29.3 Å². The molecule has 0 fully saturated rings. The number of aromatic nitrogens is 4. The molecule has 0 radical (unpaired) electrons. The highest BCUT2D eigenvalue weighted by molar-refractivity contribution is 6.10. The number of nitrogens with zero attached hydrogens (tertiary/aromatic N) is 5. The van der Waals surface area contributed by atoms with Crippen LogP contribution in [-0.4, -0.2) is 19.1 Å². The molecule has 0 bridgehead atoms. The van der Waals surface area contributed by atoms with Gasteiger partial charge in [-0.25, -0.2) is 4.98 Å².